The summed E-state index contributed by atoms with van der Waals surface area (Å²) in [5.41, 5.74) is 3.07. The molecule has 0 bridgehead atoms. The fraction of sp³-hybridized carbons (Fsp3) is 0.304. The van der Waals surface area contributed by atoms with E-state index in [0.717, 1.165) is 31.5 Å². The number of H-pyrrole nitrogens is 1. The van der Waals surface area contributed by atoms with Crippen LogP contribution in [0.1, 0.15) is 28.9 Å². The molecule has 0 spiro atoms. The van der Waals surface area contributed by atoms with E-state index in [4.69, 9.17) is 9.15 Å². The van der Waals surface area contributed by atoms with E-state index in [1.165, 1.54) is 6.26 Å². The van der Waals surface area contributed by atoms with E-state index in [0.29, 0.717) is 46.0 Å². The molecular formula is C23H21N5O4. The second kappa shape index (κ2) is 7.45. The minimum Gasteiger partial charge on any atom is -0.486 e. The van der Waals surface area contributed by atoms with Gasteiger partial charge in [0.25, 0.3) is 11.5 Å². The number of carbonyl (C=O) groups excluding carboxylic acids is 1. The first kappa shape index (κ1) is 19.0. The number of nitrogens with one attached hydrogen (secondary N) is 2. The molecule has 1 aliphatic carbocycles. The zero-order valence-corrected chi connectivity index (χ0v) is 17.2. The number of hydrogen-bond donors (Lipinski definition) is 2. The zero-order valence-electron chi connectivity index (χ0n) is 17.2. The maximum Gasteiger partial charge on any atom is 0.270 e. The predicted molar refractivity (Wildman–Crippen MR) is 117 cm³/mol. The topological polar surface area (TPSA) is 113 Å². The summed E-state index contributed by atoms with van der Waals surface area (Å²) in [6, 6.07) is 7.38. The molecule has 0 atom stereocenters. The predicted octanol–water partition coefficient (Wildman–Crippen LogP) is 2.22. The number of carbonyl (C=O) groups is 1. The van der Waals surface area contributed by atoms with Gasteiger partial charge in [0.2, 0.25) is 0 Å². The average molecular weight is 431 g/mol. The van der Waals surface area contributed by atoms with Crippen LogP contribution in [0.4, 0.5) is 0 Å². The van der Waals surface area contributed by atoms with Crippen LogP contribution in [0.15, 0.2) is 52.1 Å². The van der Waals surface area contributed by atoms with Crippen LogP contribution >= 0.6 is 0 Å². The maximum absolute atomic E-state index is 12.2. The van der Waals surface area contributed by atoms with E-state index in [9.17, 15) is 9.59 Å². The van der Waals surface area contributed by atoms with Gasteiger partial charge in [-0.25, -0.2) is 4.98 Å². The number of nitrogens with zero attached hydrogens (tertiary/aromatic N) is 3. The molecule has 9 nitrogen and oxygen atoms in total. The molecule has 1 amide bonds. The van der Waals surface area contributed by atoms with E-state index < -0.39 is 0 Å². The van der Waals surface area contributed by atoms with Gasteiger partial charge in [-0.15, -0.1) is 0 Å². The molecule has 0 radical (unpaired) electrons. The third-order valence-corrected chi connectivity index (χ3v) is 5.83. The van der Waals surface area contributed by atoms with Crippen LogP contribution in [0, 0.1) is 0 Å². The van der Waals surface area contributed by atoms with Crippen LogP contribution < -0.4 is 15.6 Å². The van der Waals surface area contributed by atoms with Crippen molar-refractivity contribution in [3.05, 3.63) is 64.5 Å². The van der Waals surface area contributed by atoms with Crippen molar-refractivity contribution in [3.8, 4) is 5.75 Å². The minimum absolute atomic E-state index is 0.0684. The molecule has 4 aromatic rings. The van der Waals surface area contributed by atoms with Gasteiger partial charge < -0.3 is 19.5 Å². The lowest BCUT2D eigenvalue weighted by molar-refractivity contribution is 0.0143. The Morgan fingerprint density at radius 2 is 2.09 bits per heavy atom. The molecule has 4 aromatic heterocycles. The van der Waals surface area contributed by atoms with Crippen molar-refractivity contribution >= 4 is 27.9 Å². The molecule has 1 saturated heterocycles. The second-order valence-electron chi connectivity index (χ2n) is 8.42. The van der Waals surface area contributed by atoms with E-state index in [1.807, 2.05) is 12.3 Å². The Hall–Kier alpha value is -3.72. The number of rotatable bonds is 6. The average Bonchev–Trinajstić information content (AvgIpc) is 3.43. The summed E-state index contributed by atoms with van der Waals surface area (Å²) in [5, 5.41) is 3.43. The van der Waals surface area contributed by atoms with Crippen molar-refractivity contribution in [1.29, 1.82) is 0 Å². The third kappa shape index (κ3) is 3.60. The van der Waals surface area contributed by atoms with E-state index in [1.54, 1.807) is 24.4 Å². The Labute approximate surface area is 182 Å². The van der Waals surface area contributed by atoms with Crippen LogP contribution in [0.5, 0.6) is 5.75 Å². The van der Waals surface area contributed by atoms with Crippen LogP contribution in [0.2, 0.25) is 0 Å². The minimum atomic E-state index is -0.178. The summed E-state index contributed by atoms with van der Waals surface area (Å²) >= 11 is 0. The van der Waals surface area contributed by atoms with Crippen molar-refractivity contribution in [2.24, 2.45) is 0 Å². The van der Waals surface area contributed by atoms with Gasteiger partial charge in [-0.3, -0.25) is 19.5 Å². The molecule has 1 aliphatic heterocycles. The largest absolute Gasteiger partial charge is 0.486 e. The van der Waals surface area contributed by atoms with Gasteiger partial charge in [0.15, 0.2) is 5.58 Å². The number of ether oxygens (including phenoxy) is 1. The molecule has 2 aliphatic rings. The highest BCUT2D eigenvalue weighted by atomic mass is 16.5. The molecule has 162 valence electrons. The molecule has 2 N–H and O–H groups in total. The number of aromatic nitrogens is 3. The van der Waals surface area contributed by atoms with Crippen molar-refractivity contribution in [2.75, 3.05) is 13.1 Å². The Morgan fingerprint density at radius 3 is 2.88 bits per heavy atom. The van der Waals surface area contributed by atoms with Crippen molar-refractivity contribution in [2.45, 2.75) is 31.5 Å². The SMILES string of the molecule is O=C(NC1CC1)c1ccc(OC2CN(Cc3cnc4c(c3)[nH]c(=O)c3ccoc34)C2)cn1. The van der Waals surface area contributed by atoms with Crippen molar-refractivity contribution in [3.63, 3.8) is 0 Å². The summed E-state index contributed by atoms with van der Waals surface area (Å²) in [4.78, 5) is 38.0. The number of amides is 1. The maximum atomic E-state index is 12.2. The molecule has 0 aromatic carbocycles. The van der Waals surface area contributed by atoms with Gasteiger partial charge in [-0.05, 0) is 42.7 Å². The molecule has 32 heavy (non-hydrogen) atoms. The van der Waals surface area contributed by atoms with E-state index >= 15 is 0 Å². The van der Waals surface area contributed by atoms with Gasteiger partial charge in [0.1, 0.15) is 23.1 Å². The molecule has 6 rings (SSSR count). The first-order valence-electron chi connectivity index (χ1n) is 10.7. The first-order valence-corrected chi connectivity index (χ1v) is 10.7. The molecular weight excluding hydrogens is 410 g/mol. The van der Waals surface area contributed by atoms with Crippen LogP contribution in [0.3, 0.4) is 0 Å². The standard InChI is InChI=1S/C23H21N5O4/c29-22-17-5-6-31-21(17)20-19(27-22)7-13(8-25-20)10-28-11-16(12-28)32-15-3-4-18(24-9-15)23(30)26-14-1-2-14/h3-9,14,16H,1-2,10-12H2,(H,26,30)(H,27,29). The number of likely N-dealkylation sites (tertiary alicyclic amines) is 1. The van der Waals surface area contributed by atoms with Crippen molar-refractivity contribution in [1.82, 2.24) is 25.2 Å². The lowest BCUT2D eigenvalue weighted by Gasteiger charge is -2.38. The first-order chi connectivity index (χ1) is 15.6. The Kier molecular flexibility index (Phi) is 4.43. The van der Waals surface area contributed by atoms with Crippen LogP contribution in [0.25, 0.3) is 22.0 Å². The Morgan fingerprint density at radius 1 is 1.22 bits per heavy atom. The number of aromatic amines is 1. The van der Waals surface area contributed by atoms with Crippen LogP contribution in [-0.4, -0.2) is 51.0 Å². The quantitative estimate of drug-likeness (QED) is 0.481. The van der Waals surface area contributed by atoms with Gasteiger partial charge >= 0.3 is 0 Å². The summed E-state index contributed by atoms with van der Waals surface area (Å²) in [6.07, 6.45) is 7.08. The summed E-state index contributed by atoms with van der Waals surface area (Å²) in [5.74, 6) is 0.525. The highest BCUT2D eigenvalue weighted by Gasteiger charge is 2.29. The number of pyridine rings is 3. The fourth-order valence-electron chi connectivity index (χ4n) is 3.98. The Balaban J connectivity index is 1.06. The highest BCUT2D eigenvalue weighted by Crippen LogP contribution is 2.23. The van der Waals surface area contributed by atoms with Gasteiger partial charge in [0.05, 0.1) is 23.4 Å². The Bertz CT molecular complexity index is 1370. The summed E-state index contributed by atoms with van der Waals surface area (Å²) < 4.78 is 11.4. The summed E-state index contributed by atoms with van der Waals surface area (Å²) in [7, 11) is 0. The summed E-state index contributed by atoms with van der Waals surface area (Å²) in [6.45, 7) is 2.25. The normalized spacial score (nSPS) is 16.9. The van der Waals surface area contributed by atoms with E-state index in [-0.39, 0.29) is 17.6 Å². The van der Waals surface area contributed by atoms with Gasteiger partial charge in [-0.2, -0.15) is 0 Å². The third-order valence-electron chi connectivity index (χ3n) is 5.83. The van der Waals surface area contributed by atoms with E-state index in [2.05, 4.69) is 25.2 Å². The number of hydrogen-bond acceptors (Lipinski definition) is 7. The number of furan rings is 1. The van der Waals surface area contributed by atoms with Gasteiger partial charge in [-0.1, -0.05) is 0 Å². The highest BCUT2D eigenvalue weighted by molar-refractivity contribution is 5.99. The molecule has 2 fully saturated rings. The van der Waals surface area contributed by atoms with Gasteiger partial charge in [0, 0.05) is 31.9 Å². The molecule has 1 saturated carbocycles. The smallest absolute Gasteiger partial charge is 0.270 e. The zero-order chi connectivity index (χ0) is 21.7. The van der Waals surface area contributed by atoms with Crippen molar-refractivity contribution < 1.29 is 13.9 Å². The fourth-order valence-corrected chi connectivity index (χ4v) is 3.98. The molecule has 0 unspecified atom stereocenters. The monoisotopic (exact) mass is 431 g/mol. The lowest BCUT2D eigenvalue weighted by Crippen LogP contribution is -2.53. The van der Waals surface area contributed by atoms with Crippen LogP contribution in [-0.2, 0) is 6.54 Å². The molecule has 5 heterocycles. The second-order valence-corrected chi connectivity index (χ2v) is 8.42. The molecule has 9 heteroatoms. The number of fused-ring (bicyclic) bond motifs is 3. The lowest BCUT2D eigenvalue weighted by atomic mass is 10.1.